The number of carbonyl (C=O) groups excluding carboxylic acids is 1. The van der Waals surface area contributed by atoms with Gasteiger partial charge in [0.25, 0.3) is 10.0 Å². The van der Waals surface area contributed by atoms with Gasteiger partial charge in [-0.05, 0) is 48.4 Å². The maximum absolute atomic E-state index is 12.6. The first-order valence-corrected chi connectivity index (χ1v) is 11.5. The summed E-state index contributed by atoms with van der Waals surface area (Å²) in [5.74, 6) is 1.70. The lowest BCUT2D eigenvalue weighted by atomic mass is 10.2. The number of amides is 1. The molecule has 8 heteroatoms. The highest BCUT2D eigenvalue weighted by molar-refractivity contribution is 7.99. The molecule has 0 radical (unpaired) electrons. The molecule has 0 atom stereocenters. The van der Waals surface area contributed by atoms with E-state index < -0.39 is 10.0 Å². The van der Waals surface area contributed by atoms with Gasteiger partial charge in [0.05, 0.1) is 21.4 Å². The van der Waals surface area contributed by atoms with Crippen molar-refractivity contribution in [3.63, 3.8) is 0 Å². The molecule has 0 saturated heterocycles. The van der Waals surface area contributed by atoms with Gasteiger partial charge in [-0.25, -0.2) is 8.42 Å². The summed E-state index contributed by atoms with van der Waals surface area (Å²) in [6.07, 6.45) is 1.05. The molecule has 0 aliphatic rings. The van der Waals surface area contributed by atoms with E-state index in [0.29, 0.717) is 28.1 Å². The number of sulfonamides is 1. The monoisotopic (exact) mass is 426 g/mol. The van der Waals surface area contributed by atoms with E-state index >= 15 is 0 Å². The molecule has 0 bridgehead atoms. The number of hydrogen-bond acceptors (Lipinski definition) is 4. The van der Waals surface area contributed by atoms with E-state index in [9.17, 15) is 13.2 Å². The molecule has 27 heavy (non-hydrogen) atoms. The highest BCUT2D eigenvalue weighted by atomic mass is 35.5. The average Bonchev–Trinajstić information content (AvgIpc) is 2.61. The molecule has 0 spiro atoms. The van der Waals surface area contributed by atoms with Crippen LogP contribution in [0.5, 0.6) is 0 Å². The van der Waals surface area contributed by atoms with Gasteiger partial charge in [-0.3, -0.25) is 9.52 Å². The minimum Gasteiger partial charge on any atom is -0.325 e. The molecule has 0 aliphatic heterocycles. The van der Waals surface area contributed by atoms with Crippen LogP contribution in [0.15, 0.2) is 53.4 Å². The number of rotatable bonds is 9. The first kappa shape index (κ1) is 21.6. The molecule has 0 aliphatic carbocycles. The van der Waals surface area contributed by atoms with E-state index in [0.717, 1.165) is 12.2 Å². The average molecular weight is 427 g/mol. The maximum Gasteiger partial charge on any atom is 0.262 e. The highest BCUT2D eigenvalue weighted by Gasteiger charge is 2.16. The second kappa shape index (κ2) is 10.0. The molecule has 0 fully saturated rings. The third kappa shape index (κ3) is 7.08. The standard InChI is InChI=1S/C19H23ClN2O3S2/c1-14(2)10-11-26-13-19(23)21-15-6-5-7-16(12-15)27(24,25)22-18-9-4-3-8-17(18)20/h3-9,12,14,22H,10-11,13H2,1-2H3,(H,21,23). The van der Waals surface area contributed by atoms with Gasteiger partial charge < -0.3 is 5.32 Å². The van der Waals surface area contributed by atoms with Crippen LogP contribution in [0, 0.1) is 5.92 Å². The van der Waals surface area contributed by atoms with E-state index in [1.807, 2.05) is 0 Å². The molecule has 2 aromatic rings. The summed E-state index contributed by atoms with van der Waals surface area (Å²) < 4.78 is 27.6. The van der Waals surface area contributed by atoms with Crippen molar-refractivity contribution >= 4 is 50.7 Å². The zero-order valence-corrected chi connectivity index (χ0v) is 17.6. The maximum atomic E-state index is 12.6. The molecular formula is C19H23ClN2O3S2. The lowest BCUT2D eigenvalue weighted by Crippen LogP contribution is -2.16. The zero-order chi connectivity index (χ0) is 19.9. The summed E-state index contributed by atoms with van der Waals surface area (Å²) in [5, 5.41) is 3.05. The molecule has 1 amide bonds. The Kier molecular flexibility index (Phi) is 8.01. The molecule has 5 nitrogen and oxygen atoms in total. The summed E-state index contributed by atoms with van der Waals surface area (Å²) in [6, 6.07) is 12.7. The van der Waals surface area contributed by atoms with Crippen molar-refractivity contribution in [2.24, 2.45) is 5.92 Å². The van der Waals surface area contributed by atoms with Crippen LogP contribution < -0.4 is 10.0 Å². The van der Waals surface area contributed by atoms with Gasteiger partial charge in [0.15, 0.2) is 0 Å². The van der Waals surface area contributed by atoms with Crippen LogP contribution in [0.3, 0.4) is 0 Å². The molecule has 0 saturated carbocycles. The van der Waals surface area contributed by atoms with Gasteiger partial charge in [-0.1, -0.05) is 43.6 Å². The van der Waals surface area contributed by atoms with Crippen LogP contribution in [0.4, 0.5) is 11.4 Å². The number of nitrogens with one attached hydrogen (secondary N) is 2. The number of carbonyl (C=O) groups is 1. The first-order chi connectivity index (χ1) is 12.8. The van der Waals surface area contributed by atoms with Crippen molar-refractivity contribution in [2.75, 3.05) is 21.5 Å². The highest BCUT2D eigenvalue weighted by Crippen LogP contribution is 2.25. The smallest absolute Gasteiger partial charge is 0.262 e. The molecule has 0 aromatic heterocycles. The largest absolute Gasteiger partial charge is 0.325 e. The minimum absolute atomic E-state index is 0.0488. The Balaban J connectivity index is 2.01. The molecular weight excluding hydrogens is 404 g/mol. The van der Waals surface area contributed by atoms with Crippen molar-refractivity contribution < 1.29 is 13.2 Å². The number of benzene rings is 2. The van der Waals surface area contributed by atoms with Gasteiger partial charge in [0, 0.05) is 5.69 Å². The van der Waals surface area contributed by atoms with Gasteiger partial charge in [0.2, 0.25) is 5.91 Å². The lowest BCUT2D eigenvalue weighted by Gasteiger charge is -2.11. The summed E-state index contributed by atoms with van der Waals surface area (Å²) in [4.78, 5) is 12.1. The summed E-state index contributed by atoms with van der Waals surface area (Å²) in [6.45, 7) is 4.28. The Hall–Kier alpha value is -1.70. The fraction of sp³-hybridized carbons (Fsp3) is 0.316. The topological polar surface area (TPSA) is 75.3 Å². The van der Waals surface area contributed by atoms with Gasteiger partial charge in [-0.2, -0.15) is 11.8 Å². The number of hydrogen-bond donors (Lipinski definition) is 2. The number of halogens is 1. The van der Waals surface area contributed by atoms with E-state index in [1.165, 1.54) is 12.1 Å². The first-order valence-electron chi connectivity index (χ1n) is 8.53. The van der Waals surface area contributed by atoms with Crippen LogP contribution in [0.2, 0.25) is 5.02 Å². The van der Waals surface area contributed by atoms with Crippen molar-refractivity contribution in [2.45, 2.75) is 25.2 Å². The fourth-order valence-corrected chi connectivity index (χ4v) is 4.57. The second-order valence-electron chi connectivity index (χ2n) is 6.40. The Morgan fingerprint density at radius 1 is 1.15 bits per heavy atom. The number of para-hydroxylation sites is 1. The number of anilines is 2. The predicted molar refractivity (Wildman–Crippen MR) is 114 cm³/mol. The second-order valence-corrected chi connectivity index (χ2v) is 9.59. The van der Waals surface area contributed by atoms with E-state index in [1.54, 1.807) is 48.2 Å². The summed E-state index contributed by atoms with van der Waals surface area (Å²) in [5.41, 5.74) is 0.738. The van der Waals surface area contributed by atoms with Crippen molar-refractivity contribution in [3.05, 3.63) is 53.6 Å². The van der Waals surface area contributed by atoms with E-state index in [-0.39, 0.29) is 10.8 Å². The third-order valence-corrected chi connectivity index (χ3v) is 6.30. The van der Waals surface area contributed by atoms with Crippen LogP contribution >= 0.6 is 23.4 Å². The molecule has 0 unspecified atom stereocenters. The van der Waals surface area contributed by atoms with Gasteiger partial charge in [0.1, 0.15) is 0 Å². The summed E-state index contributed by atoms with van der Waals surface area (Å²) in [7, 11) is -3.82. The van der Waals surface area contributed by atoms with Crippen molar-refractivity contribution in [3.8, 4) is 0 Å². The van der Waals surface area contributed by atoms with Gasteiger partial charge in [-0.15, -0.1) is 0 Å². The quantitative estimate of drug-likeness (QED) is 0.561. The fourth-order valence-electron chi connectivity index (χ4n) is 2.17. The molecule has 0 heterocycles. The van der Waals surface area contributed by atoms with E-state index in [2.05, 4.69) is 23.9 Å². The van der Waals surface area contributed by atoms with Crippen LogP contribution in [-0.2, 0) is 14.8 Å². The van der Waals surface area contributed by atoms with Gasteiger partial charge >= 0.3 is 0 Å². The minimum atomic E-state index is -3.82. The third-order valence-electron chi connectivity index (χ3n) is 3.62. The Morgan fingerprint density at radius 2 is 1.89 bits per heavy atom. The Labute approximate surface area is 169 Å². The SMILES string of the molecule is CC(C)CCSCC(=O)Nc1cccc(S(=O)(=O)Nc2ccccc2Cl)c1. The van der Waals surface area contributed by atoms with Crippen LogP contribution in [-0.4, -0.2) is 25.8 Å². The lowest BCUT2D eigenvalue weighted by molar-refractivity contribution is -0.113. The van der Waals surface area contributed by atoms with Crippen LogP contribution in [0.1, 0.15) is 20.3 Å². The van der Waals surface area contributed by atoms with Crippen molar-refractivity contribution in [1.29, 1.82) is 0 Å². The zero-order valence-electron chi connectivity index (χ0n) is 15.2. The Morgan fingerprint density at radius 3 is 2.59 bits per heavy atom. The molecule has 2 rings (SSSR count). The molecule has 146 valence electrons. The number of thioether (sulfide) groups is 1. The predicted octanol–water partition coefficient (Wildman–Crippen LogP) is 4.86. The molecule has 2 aromatic carbocycles. The van der Waals surface area contributed by atoms with Crippen LogP contribution in [0.25, 0.3) is 0 Å². The van der Waals surface area contributed by atoms with E-state index in [4.69, 9.17) is 11.6 Å². The molecule has 2 N–H and O–H groups in total. The summed E-state index contributed by atoms with van der Waals surface area (Å²) >= 11 is 7.58. The Bertz CT molecular complexity index is 886. The van der Waals surface area contributed by atoms with Crippen molar-refractivity contribution in [1.82, 2.24) is 0 Å². The normalized spacial score (nSPS) is 11.4.